The second-order valence-corrected chi connectivity index (χ2v) is 9.46. The van der Waals surface area contributed by atoms with Gasteiger partial charge in [-0.1, -0.05) is 18.2 Å². The Morgan fingerprint density at radius 3 is 2.72 bits per heavy atom. The topological polar surface area (TPSA) is 66.4 Å². The number of aromatic nitrogens is 3. The third-order valence-corrected chi connectivity index (χ3v) is 7.19. The van der Waals surface area contributed by atoms with E-state index in [0.717, 1.165) is 97.4 Å². The Labute approximate surface area is 191 Å². The molecule has 0 atom stereocenters. The van der Waals surface area contributed by atoms with Gasteiger partial charge in [0.1, 0.15) is 10.6 Å². The van der Waals surface area contributed by atoms with Gasteiger partial charge < -0.3 is 15.0 Å². The van der Waals surface area contributed by atoms with Crippen LogP contribution in [0.2, 0.25) is 0 Å². The molecule has 0 saturated carbocycles. The number of anilines is 1. The Morgan fingerprint density at radius 2 is 1.84 bits per heavy atom. The summed E-state index contributed by atoms with van der Waals surface area (Å²) >= 11 is 1.79. The van der Waals surface area contributed by atoms with Crippen LogP contribution < -0.4 is 10.2 Å². The van der Waals surface area contributed by atoms with Crippen LogP contribution in [0.3, 0.4) is 0 Å². The second-order valence-electron chi connectivity index (χ2n) is 8.34. The van der Waals surface area contributed by atoms with Crippen LogP contribution in [0.5, 0.6) is 0 Å². The first-order chi connectivity index (χ1) is 15.8. The SMILES string of the molecule is c1ccc2ncc(-c3nc(N4CCOCC4)c4cc(CN5CCNCC5)sc4n3)cc2c1. The van der Waals surface area contributed by atoms with E-state index in [1.807, 2.05) is 24.4 Å². The second kappa shape index (κ2) is 8.71. The zero-order valence-electron chi connectivity index (χ0n) is 18.0. The first-order valence-corrected chi connectivity index (χ1v) is 12.1. The monoisotopic (exact) mass is 446 g/mol. The van der Waals surface area contributed by atoms with Crippen LogP contribution in [0.15, 0.2) is 42.6 Å². The lowest BCUT2D eigenvalue weighted by molar-refractivity contribution is 0.122. The van der Waals surface area contributed by atoms with E-state index in [-0.39, 0.29) is 0 Å². The summed E-state index contributed by atoms with van der Waals surface area (Å²) in [7, 11) is 0. The van der Waals surface area contributed by atoms with Gasteiger partial charge in [0.05, 0.1) is 24.1 Å². The summed E-state index contributed by atoms with van der Waals surface area (Å²) in [5.74, 6) is 1.76. The summed E-state index contributed by atoms with van der Waals surface area (Å²) in [6, 6.07) is 12.6. The van der Waals surface area contributed by atoms with E-state index in [9.17, 15) is 0 Å². The number of thiophene rings is 1. The van der Waals surface area contributed by atoms with Gasteiger partial charge in [0, 0.05) is 67.8 Å². The van der Waals surface area contributed by atoms with Crippen molar-refractivity contribution in [1.82, 2.24) is 25.2 Å². The molecule has 6 rings (SSSR count). The summed E-state index contributed by atoms with van der Waals surface area (Å²) in [6.45, 7) is 8.43. The lowest BCUT2D eigenvalue weighted by Crippen LogP contribution is -2.42. The molecule has 0 unspecified atom stereocenters. The average molecular weight is 447 g/mol. The van der Waals surface area contributed by atoms with Crippen molar-refractivity contribution >= 4 is 38.3 Å². The molecule has 2 saturated heterocycles. The summed E-state index contributed by atoms with van der Waals surface area (Å²) in [5, 5.41) is 5.69. The molecule has 3 aromatic heterocycles. The number of rotatable bonds is 4. The van der Waals surface area contributed by atoms with E-state index in [4.69, 9.17) is 14.7 Å². The van der Waals surface area contributed by atoms with E-state index >= 15 is 0 Å². The van der Waals surface area contributed by atoms with E-state index in [1.165, 1.54) is 4.88 Å². The highest BCUT2D eigenvalue weighted by Crippen LogP contribution is 2.34. The average Bonchev–Trinajstić information content (AvgIpc) is 3.26. The van der Waals surface area contributed by atoms with Crippen LogP contribution in [-0.2, 0) is 11.3 Å². The largest absolute Gasteiger partial charge is 0.378 e. The maximum absolute atomic E-state index is 5.60. The maximum Gasteiger partial charge on any atom is 0.164 e. The number of hydrogen-bond acceptors (Lipinski definition) is 8. The van der Waals surface area contributed by atoms with Gasteiger partial charge in [0.15, 0.2) is 5.82 Å². The fourth-order valence-corrected chi connectivity index (χ4v) is 5.53. The number of nitrogens with zero attached hydrogens (tertiary/aromatic N) is 5. The van der Waals surface area contributed by atoms with Gasteiger partial charge in [-0.25, -0.2) is 9.97 Å². The molecular formula is C24H26N6OS. The van der Waals surface area contributed by atoms with Crippen LogP contribution in [0, 0.1) is 0 Å². The van der Waals surface area contributed by atoms with E-state index < -0.39 is 0 Å². The van der Waals surface area contributed by atoms with Crippen molar-refractivity contribution in [3.05, 3.63) is 47.5 Å². The number of para-hydroxylation sites is 1. The third kappa shape index (κ3) is 3.95. The number of piperazine rings is 1. The Kier molecular flexibility index (Phi) is 5.44. The molecule has 0 bridgehead atoms. The fraction of sp³-hybridized carbons (Fsp3) is 0.375. The Balaban J connectivity index is 1.43. The maximum atomic E-state index is 5.60. The summed E-state index contributed by atoms with van der Waals surface area (Å²) in [4.78, 5) is 22.0. The predicted octanol–water partition coefficient (Wildman–Crippen LogP) is 3.15. The molecule has 0 amide bonds. The van der Waals surface area contributed by atoms with Crippen molar-refractivity contribution in [2.45, 2.75) is 6.54 Å². The molecule has 1 N–H and O–H groups in total. The van der Waals surface area contributed by atoms with Crippen molar-refractivity contribution in [2.75, 3.05) is 57.4 Å². The molecule has 5 heterocycles. The minimum Gasteiger partial charge on any atom is -0.378 e. The normalized spacial score (nSPS) is 17.9. The summed E-state index contributed by atoms with van der Waals surface area (Å²) in [6.07, 6.45) is 1.89. The number of morpholine rings is 1. The molecule has 2 aliphatic rings. The molecule has 32 heavy (non-hydrogen) atoms. The highest BCUT2D eigenvalue weighted by atomic mass is 32.1. The predicted molar refractivity (Wildman–Crippen MR) is 129 cm³/mol. The zero-order chi connectivity index (χ0) is 21.3. The molecule has 8 heteroatoms. The van der Waals surface area contributed by atoms with Gasteiger partial charge in [-0.15, -0.1) is 11.3 Å². The molecule has 0 aliphatic carbocycles. The van der Waals surface area contributed by atoms with Crippen molar-refractivity contribution in [3.8, 4) is 11.4 Å². The molecule has 164 valence electrons. The molecule has 2 aliphatic heterocycles. The van der Waals surface area contributed by atoms with Crippen molar-refractivity contribution in [3.63, 3.8) is 0 Å². The smallest absolute Gasteiger partial charge is 0.164 e. The van der Waals surface area contributed by atoms with E-state index in [2.05, 4.69) is 38.3 Å². The van der Waals surface area contributed by atoms with Crippen LogP contribution in [0.1, 0.15) is 4.88 Å². The molecular weight excluding hydrogens is 420 g/mol. The van der Waals surface area contributed by atoms with E-state index in [0.29, 0.717) is 0 Å². The number of ether oxygens (including phenoxy) is 1. The molecule has 0 spiro atoms. The van der Waals surface area contributed by atoms with Crippen LogP contribution in [0.25, 0.3) is 32.5 Å². The number of pyridine rings is 1. The number of benzene rings is 1. The Morgan fingerprint density at radius 1 is 1.00 bits per heavy atom. The van der Waals surface area contributed by atoms with E-state index in [1.54, 1.807) is 11.3 Å². The van der Waals surface area contributed by atoms with Crippen molar-refractivity contribution in [2.24, 2.45) is 0 Å². The Bertz CT molecular complexity index is 1250. The van der Waals surface area contributed by atoms with Crippen LogP contribution in [-0.4, -0.2) is 72.3 Å². The zero-order valence-corrected chi connectivity index (χ0v) is 18.8. The standard InChI is InChI=1S/C24H26N6OS/c1-2-4-21-17(3-1)13-18(15-26-21)22-27-23(30-9-11-31-12-10-30)20-14-19(32-24(20)28-22)16-29-7-5-25-6-8-29/h1-4,13-15,25H,5-12,16H2. The molecule has 2 fully saturated rings. The third-order valence-electron chi connectivity index (χ3n) is 6.17. The van der Waals surface area contributed by atoms with Crippen molar-refractivity contribution < 1.29 is 4.74 Å². The lowest BCUT2D eigenvalue weighted by Gasteiger charge is -2.28. The van der Waals surface area contributed by atoms with Crippen LogP contribution in [0.4, 0.5) is 5.82 Å². The molecule has 4 aromatic rings. The van der Waals surface area contributed by atoms with Gasteiger partial charge in [-0.3, -0.25) is 9.88 Å². The molecule has 0 radical (unpaired) electrons. The first kappa shape index (κ1) is 20.0. The molecule has 7 nitrogen and oxygen atoms in total. The van der Waals surface area contributed by atoms with Gasteiger partial charge in [0.2, 0.25) is 0 Å². The Hall–Kier alpha value is -2.65. The fourth-order valence-electron chi connectivity index (χ4n) is 4.46. The minimum absolute atomic E-state index is 0.732. The summed E-state index contributed by atoms with van der Waals surface area (Å²) in [5.41, 5.74) is 1.94. The number of nitrogens with one attached hydrogen (secondary N) is 1. The lowest BCUT2D eigenvalue weighted by atomic mass is 10.1. The first-order valence-electron chi connectivity index (χ1n) is 11.2. The van der Waals surface area contributed by atoms with Gasteiger partial charge in [0.25, 0.3) is 0 Å². The highest BCUT2D eigenvalue weighted by molar-refractivity contribution is 7.18. The highest BCUT2D eigenvalue weighted by Gasteiger charge is 2.21. The quantitative estimate of drug-likeness (QED) is 0.517. The number of fused-ring (bicyclic) bond motifs is 2. The van der Waals surface area contributed by atoms with Gasteiger partial charge >= 0.3 is 0 Å². The van der Waals surface area contributed by atoms with Crippen LogP contribution >= 0.6 is 11.3 Å². The van der Waals surface area contributed by atoms with Gasteiger partial charge in [-0.2, -0.15) is 0 Å². The molecule has 1 aromatic carbocycles. The minimum atomic E-state index is 0.732. The van der Waals surface area contributed by atoms with Gasteiger partial charge in [-0.05, 0) is 18.2 Å². The summed E-state index contributed by atoms with van der Waals surface area (Å²) < 4.78 is 5.60. The van der Waals surface area contributed by atoms with Crippen molar-refractivity contribution in [1.29, 1.82) is 0 Å². The number of hydrogen-bond donors (Lipinski definition) is 1.